The van der Waals surface area contributed by atoms with Crippen molar-refractivity contribution in [1.29, 1.82) is 0 Å². The molecule has 168 valence electrons. The largest absolute Gasteiger partial charge is 0.491 e. The van der Waals surface area contributed by atoms with Crippen molar-refractivity contribution in [2.45, 2.75) is 32.4 Å². The molecule has 1 amide bonds. The van der Waals surface area contributed by atoms with Crippen LogP contribution in [0.15, 0.2) is 29.7 Å². The van der Waals surface area contributed by atoms with Gasteiger partial charge in [-0.2, -0.15) is 0 Å². The summed E-state index contributed by atoms with van der Waals surface area (Å²) in [6, 6.07) is 6.63. The van der Waals surface area contributed by atoms with E-state index >= 15 is 0 Å². The zero-order valence-electron chi connectivity index (χ0n) is 18.2. The number of ether oxygens (including phenoxy) is 4. The molecule has 2 saturated heterocycles. The molecular weight excluding hydrogens is 398 g/mol. The maximum Gasteiger partial charge on any atom is 0.292 e. The summed E-state index contributed by atoms with van der Waals surface area (Å²) < 4.78 is 22.0. The van der Waals surface area contributed by atoms with Crippen LogP contribution in [0.25, 0.3) is 0 Å². The Morgan fingerprint density at radius 1 is 1.00 bits per heavy atom. The molecule has 0 bridgehead atoms. The van der Waals surface area contributed by atoms with E-state index in [1.165, 1.54) is 5.56 Å². The van der Waals surface area contributed by atoms with Crippen LogP contribution in [0.1, 0.15) is 25.3 Å². The molecular formula is C23H31N3O5. The molecule has 0 spiro atoms. The lowest BCUT2D eigenvalue weighted by atomic mass is 10.0. The predicted molar refractivity (Wildman–Crippen MR) is 114 cm³/mol. The molecule has 0 radical (unpaired) electrons. The lowest BCUT2D eigenvalue weighted by Gasteiger charge is -2.43. The van der Waals surface area contributed by atoms with Gasteiger partial charge in [-0.25, -0.2) is 0 Å². The fraction of sp³-hybridized carbons (Fsp3) is 0.609. The number of carbonyl (C=O) groups excluding carboxylic acids is 1. The average Bonchev–Trinajstić information content (AvgIpc) is 3.27. The Bertz CT molecular complexity index is 850. The van der Waals surface area contributed by atoms with Crippen molar-refractivity contribution >= 4 is 5.91 Å². The summed E-state index contributed by atoms with van der Waals surface area (Å²) in [7, 11) is 0. The number of fused-ring (bicyclic) bond motifs is 1. The van der Waals surface area contributed by atoms with Gasteiger partial charge in [-0.15, -0.1) is 0 Å². The van der Waals surface area contributed by atoms with E-state index in [0.29, 0.717) is 37.6 Å². The Labute approximate surface area is 183 Å². The molecule has 4 aliphatic rings. The van der Waals surface area contributed by atoms with Crippen LogP contribution >= 0.6 is 0 Å². The van der Waals surface area contributed by atoms with E-state index in [1.54, 1.807) is 0 Å². The number of hydrogen-bond donors (Lipinski definition) is 0. The maximum atomic E-state index is 12.9. The zero-order chi connectivity index (χ0) is 21.2. The van der Waals surface area contributed by atoms with Crippen molar-refractivity contribution in [2.24, 2.45) is 0 Å². The summed E-state index contributed by atoms with van der Waals surface area (Å²) in [6.45, 7) is 9.67. The van der Waals surface area contributed by atoms with Gasteiger partial charge >= 0.3 is 0 Å². The van der Waals surface area contributed by atoms with Crippen LogP contribution in [-0.2, 0) is 20.8 Å². The third-order valence-electron chi connectivity index (χ3n) is 6.61. The highest BCUT2D eigenvalue weighted by atomic mass is 16.7. The van der Waals surface area contributed by atoms with E-state index in [0.717, 1.165) is 70.2 Å². The first-order valence-electron chi connectivity index (χ1n) is 11.3. The van der Waals surface area contributed by atoms with Crippen LogP contribution in [0.5, 0.6) is 11.5 Å². The van der Waals surface area contributed by atoms with E-state index in [1.807, 2.05) is 17.9 Å². The van der Waals surface area contributed by atoms with Crippen molar-refractivity contribution in [1.82, 2.24) is 14.7 Å². The van der Waals surface area contributed by atoms with Crippen molar-refractivity contribution in [2.75, 3.05) is 59.3 Å². The molecule has 1 atom stereocenters. The van der Waals surface area contributed by atoms with Crippen LogP contribution in [-0.4, -0.2) is 85.9 Å². The number of likely N-dealkylation sites (tertiary alicyclic amines) is 1. The van der Waals surface area contributed by atoms with Gasteiger partial charge in [0.2, 0.25) is 12.6 Å². The predicted octanol–water partition coefficient (Wildman–Crippen LogP) is 1.80. The van der Waals surface area contributed by atoms with Crippen LogP contribution < -0.4 is 9.47 Å². The number of rotatable bonds is 4. The Morgan fingerprint density at radius 3 is 2.65 bits per heavy atom. The first-order valence-corrected chi connectivity index (χ1v) is 11.3. The number of benzene rings is 1. The Kier molecular flexibility index (Phi) is 5.91. The second-order valence-electron chi connectivity index (χ2n) is 8.63. The minimum absolute atomic E-state index is 0.0247. The fourth-order valence-electron chi connectivity index (χ4n) is 4.88. The van der Waals surface area contributed by atoms with Gasteiger partial charge in [-0.3, -0.25) is 14.6 Å². The van der Waals surface area contributed by atoms with Gasteiger partial charge in [0.15, 0.2) is 11.5 Å². The number of hydrogen-bond acceptors (Lipinski definition) is 7. The van der Waals surface area contributed by atoms with Gasteiger partial charge in [0.25, 0.3) is 5.91 Å². The van der Waals surface area contributed by atoms with Crippen molar-refractivity contribution in [3.8, 4) is 11.5 Å². The summed E-state index contributed by atoms with van der Waals surface area (Å²) in [5, 5.41) is 0. The van der Waals surface area contributed by atoms with Crippen LogP contribution in [0.2, 0.25) is 0 Å². The van der Waals surface area contributed by atoms with Gasteiger partial charge in [0.05, 0.1) is 0 Å². The molecule has 5 rings (SSSR count). The van der Waals surface area contributed by atoms with Crippen molar-refractivity contribution < 1.29 is 23.7 Å². The second-order valence-corrected chi connectivity index (χ2v) is 8.63. The summed E-state index contributed by atoms with van der Waals surface area (Å²) in [5.74, 6) is 2.65. The third kappa shape index (κ3) is 4.45. The van der Waals surface area contributed by atoms with Gasteiger partial charge in [0.1, 0.15) is 19.0 Å². The highest BCUT2D eigenvalue weighted by Gasteiger charge is 2.33. The van der Waals surface area contributed by atoms with Gasteiger partial charge in [0, 0.05) is 51.9 Å². The molecule has 0 saturated carbocycles. The maximum absolute atomic E-state index is 12.9. The van der Waals surface area contributed by atoms with E-state index in [4.69, 9.17) is 18.9 Å². The average molecular weight is 430 g/mol. The Morgan fingerprint density at radius 2 is 1.81 bits per heavy atom. The SMILES string of the molecule is CC1=C(C(=O)N2CCCC(N3CCN(Cc4ccc5c(c4)OCO5)CC3)C2)OCCO1. The number of piperazine rings is 1. The molecule has 1 unspecified atom stereocenters. The first-order chi connectivity index (χ1) is 15.2. The van der Waals surface area contributed by atoms with Crippen molar-refractivity contribution in [3.05, 3.63) is 35.3 Å². The Hall–Kier alpha value is -2.45. The molecule has 0 aromatic heterocycles. The highest BCUT2D eigenvalue weighted by Crippen LogP contribution is 2.33. The lowest BCUT2D eigenvalue weighted by Crippen LogP contribution is -2.55. The fourth-order valence-corrected chi connectivity index (χ4v) is 4.88. The minimum Gasteiger partial charge on any atom is -0.491 e. The topological polar surface area (TPSA) is 63.7 Å². The van der Waals surface area contributed by atoms with Crippen LogP contribution in [0.3, 0.4) is 0 Å². The number of piperidine rings is 1. The molecule has 2 fully saturated rings. The molecule has 8 heteroatoms. The second kappa shape index (κ2) is 8.96. The molecule has 0 aliphatic carbocycles. The third-order valence-corrected chi connectivity index (χ3v) is 6.61. The molecule has 0 N–H and O–H groups in total. The smallest absolute Gasteiger partial charge is 0.292 e. The number of nitrogens with zero attached hydrogens (tertiary/aromatic N) is 3. The number of amides is 1. The molecule has 1 aromatic rings. The zero-order valence-corrected chi connectivity index (χ0v) is 18.2. The van der Waals surface area contributed by atoms with E-state index in [9.17, 15) is 4.79 Å². The van der Waals surface area contributed by atoms with E-state index < -0.39 is 0 Å². The van der Waals surface area contributed by atoms with Crippen molar-refractivity contribution in [3.63, 3.8) is 0 Å². The summed E-state index contributed by atoms with van der Waals surface area (Å²) in [4.78, 5) is 19.9. The summed E-state index contributed by atoms with van der Waals surface area (Å²) in [5.41, 5.74) is 1.26. The van der Waals surface area contributed by atoms with Crippen LogP contribution in [0.4, 0.5) is 0 Å². The molecule has 8 nitrogen and oxygen atoms in total. The standard InChI is InChI=1S/C23H31N3O5/c1-17-22(29-12-11-28-17)23(27)26-6-2-3-19(15-26)25-9-7-24(8-10-25)14-18-4-5-20-21(13-18)31-16-30-20/h4-5,13,19H,2-3,6-12,14-16H2,1H3. The van der Waals surface area contributed by atoms with E-state index in [-0.39, 0.29) is 5.91 Å². The van der Waals surface area contributed by atoms with Gasteiger partial charge in [-0.1, -0.05) is 6.07 Å². The molecule has 4 aliphatic heterocycles. The van der Waals surface area contributed by atoms with Gasteiger partial charge < -0.3 is 23.8 Å². The van der Waals surface area contributed by atoms with E-state index in [2.05, 4.69) is 21.9 Å². The summed E-state index contributed by atoms with van der Waals surface area (Å²) in [6.07, 6.45) is 2.17. The van der Waals surface area contributed by atoms with Crippen LogP contribution in [0, 0.1) is 0 Å². The monoisotopic (exact) mass is 429 g/mol. The highest BCUT2D eigenvalue weighted by molar-refractivity contribution is 5.92. The van der Waals surface area contributed by atoms with Gasteiger partial charge in [-0.05, 0) is 37.5 Å². The Balaban J connectivity index is 1.14. The lowest BCUT2D eigenvalue weighted by molar-refractivity contribution is -0.135. The molecule has 31 heavy (non-hydrogen) atoms. The molecule has 1 aromatic carbocycles. The number of carbonyl (C=O) groups is 1. The quantitative estimate of drug-likeness (QED) is 0.723. The number of allylic oxidation sites excluding steroid dienone is 1. The summed E-state index contributed by atoms with van der Waals surface area (Å²) >= 11 is 0. The normalized spacial score (nSPS) is 24.7. The minimum atomic E-state index is -0.0247. The first kappa shape index (κ1) is 20.5. The molecule has 4 heterocycles.